The van der Waals surface area contributed by atoms with Crippen LogP contribution in [-0.2, 0) is 11.3 Å². The third-order valence-corrected chi connectivity index (χ3v) is 4.57. The average Bonchev–Trinajstić information content (AvgIpc) is 2.52. The molecule has 0 bridgehead atoms. The van der Waals surface area contributed by atoms with Gasteiger partial charge in [-0.2, -0.15) is 0 Å². The molecule has 24 heavy (non-hydrogen) atoms. The largest absolute Gasteiger partial charge is 0.380 e. The molecule has 2 aromatic carbocycles. The number of anilines is 1. The third kappa shape index (κ3) is 4.08. The molecule has 0 aliphatic heterocycles. The van der Waals surface area contributed by atoms with Gasteiger partial charge in [-0.05, 0) is 42.5 Å². The van der Waals surface area contributed by atoms with Crippen molar-refractivity contribution in [2.24, 2.45) is 10.7 Å². The Morgan fingerprint density at radius 2 is 2.04 bits per heavy atom. The lowest BCUT2D eigenvalue weighted by molar-refractivity contribution is 0.185. The van der Waals surface area contributed by atoms with Crippen LogP contribution in [0.2, 0.25) is 5.02 Å². The van der Waals surface area contributed by atoms with Gasteiger partial charge in [-0.3, -0.25) is 0 Å². The molecule has 0 unspecified atom stereocenters. The van der Waals surface area contributed by atoms with Gasteiger partial charge >= 0.3 is 0 Å². The minimum Gasteiger partial charge on any atom is -0.380 e. The maximum absolute atomic E-state index is 6.07. The molecule has 1 aliphatic rings. The fourth-order valence-electron chi connectivity index (χ4n) is 3.02. The molecule has 0 saturated heterocycles. The topological polar surface area (TPSA) is 59.6 Å². The Morgan fingerprint density at radius 3 is 2.79 bits per heavy atom. The van der Waals surface area contributed by atoms with Crippen LogP contribution in [-0.4, -0.2) is 19.1 Å². The van der Waals surface area contributed by atoms with Crippen molar-refractivity contribution >= 4 is 23.2 Å². The number of para-hydroxylation sites is 1. The molecule has 0 amide bonds. The summed E-state index contributed by atoms with van der Waals surface area (Å²) in [5, 5.41) is 3.97. The average molecular weight is 344 g/mol. The van der Waals surface area contributed by atoms with E-state index in [2.05, 4.69) is 16.4 Å². The Labute approximate surface area is 147 Å². The summed E-state index contributed by atoms with van der Waals surface area (Å²) in [6, 6.07) is 16.3. The van der Waals surface area contributed by atoms with E-state index in [0.717, 1.165) is 29.1 Å². The highest BCUT2D eigenvalue weighted by molar-refractivity contribution is 6.30. The second kappa shape index (κ2) is 7.69. The number of ether oxygens (including phenoxy) is 1. The van der Waals surface area contributed by atoms with Crippen LogP contribution in [0.5, 0.6) is 0 Å². The highest BCUT2D eigenvalue weighted by Gasteiger charge is 2.30. The van der Waals surface area contributed by atoms with Crippen molar-refractivity contribution in [2.45, 2.75) is 31.4 Å². The molecule has 0 atom stereocenters. The van der Waals surface area contributed by atoms with Gasteiger partial charge in [0.05, 0.1) is 12.6 Å². The molecule has 0 heterocycles. The van der Waals surface area contributed by atoms with E-state index in [9.17, 15) is 0 Å². The van der Waals surface area contributed by atoms with Crippen LogP contribution in [0.1, 0.15) is 29.9 Å². The van der Waals surface area contributed by atoms with Crippen molar-refractivity contribution in [1.29, 1.82) is 0 Å². The summed E-state index contributed by atoms with van der Waals surface area (Å²) in [6.45, 7) is 0.538. The van der Waals surface area contributed by atoms with E-state index in [1.54, 1.807) is 7.11 Å². The van der Waals surface area contributed by atoms with Crippen LogP contribution in [0.25, 0.3) is 0 Å². The van der Waals surface area contributed by atoms with Crippen LogP contribution in [0.15, 0.2) is 53.5 Å². The Hall–Kier alpha value is -2.04. The highest BCUT2D eigenvalue weighted by Crippen LogP contribution is 2.39. The van der Waals surface area contributed by atoms with Gasteiger partial charge < -0.3 is 15.8 Å². The molecule has 126 valence electrons. The van der Waals surface area contributed by atoms with Crippen molar-refractivity contribution in [1.82, 2.24) is 0 Å². The second-order valence-electron chi connectivity index (χ2n) is 6.11. The molecule has 1 fully saturated rings. The first-order chi connectivity index (χ1) is 11.7. The van der Waals surface area contributed by atoms with E-state index in [-0.39, 0.29) is 6.04 Å². The number of nitrogens with one attached hydrogen (secondary N) is 1. The summed E-state index contributed by atoms with van der Waals surface area (Å²) in [5.41, 5.74) is 9.34. The van der Waals surface area contributed by atoms with E-state index in [1.807, 2.05) is 42.5 Å². The monoisotopic (exact) mass is 343 g/mol. The van der Waals surface area contributed by atoms with Gasteiger partial charge in [0.2, 0.25) is 0 Å². The van der Waals surface area contributed by atoms with Gasteiger partial charge in [0, 0.05) is 23.4 Å². The van der Waals surface area contributed by atoms with Crippen molar-refractivity contribution in [3.63, 3.8) is 0 Å². The van der Waals surface area contributed by atoms with Gasteiger partial charge in [-0.1, -0.05) is 41.9 Å². The van der Waals surface area contributed by atoms with Gasteiger partial charge in [0.15, 0.2) is 5.96 Å². The molecule has 3 N–H and O–H groups in total. The number of rotatable bonds is 5. The summed E-state index contributed by atoms with van der Waals surface area (Å²) in [4.78, 5) is 4.59. The Balaban J connectivity index is 1.58. The van der Waals surface area contributed by atoms with Gasteiger partial charge in [-0.15, -0.1) is 0 Å². The number of aliphatic imine (C=N–C) groups is 1. The van der Waals surface area contributed by atoms with E-state index in [4.69, 9.17) is 22.1 Å². The van der Waals surface area contributed by atoms with Crippen LogP contribution in [0.4, 0.5) is 5.69 Å². The Kier molecular flexibility index (Phi) is 5.38. The van der Waals surface area contributed by atoms with Crippen LogP contribution < -0.4 is 11.1 Å². The standard InChI is InChI=1S/C19H22ClN3O/c1-24-12-14-5-2-3-8-18(14)23-19(21)22-17-10-15(11-17)13-6-4-7-16(20)9-13/h2-9,15,17H,10-12H2,1H3,(H3,21,22,23). The van der Waals surface area contributed by atoms with Crippen molar-refractivity contribution in [3.8, 4) is 0 Å². The predicted molar refractivity (Wildman–Crippen MR) is 99.6 cm³/mol. The van der Waals surface area contributed by atoms with Gasteiger partial charge in [-0.25, -0.2) is 4.99 Å². The lowest BCUT2D eigenvalue weighted by Gasteiger charge is -2.33. The number of halogens is 1. The first-order valence-electron chi connectivity index (χ1n) is 8.08. The summed E-state index contributed by atoms with van der Waals surface area (Å²) >= 11 is 6.05. The maximum Gasteiger partial charge on any atom is 0.193 e. The predicted octanol–water partition coefficient (Wildman–Crippen LogP) is 4.16. The quantitative estimate of drug-likeness (QED) is 0.633. The van der Waals surface area contributed by atoms with Crippen LogP contribution in [0, 0.1) is 0 Å². The van der Waals surface area contributed by atoms with Crippen LogP contribution in [0.3, 0.4) is 0 Å². The molecule has 5 heteroatoms. The summed E-state index contributed by atoms with van der Waals surface area (Å²) < 4.78 is 5.20. The first-order valence-corrected chi connectivity index (χ1v) is 8.46. The summed E-state index contributed by atoms with van der Waals surface area (Å²) in [6.07, 6.45) is 2.00. The molecule has 3 rings (SSSR count). The number of methoxy groups -OCH3 is 1. The highest BCUT2D eigenvalue weighted by atomic mass is 35.5. The smallest absolute Gasteiger partial charge is 0.193 e. The molecular weight excluding hydrogens is 322 g/mol. The molecule has 0 radical (unpaired) electrons. The van der Waals surface area contributed by atoms with Crippen molar-refractivity contribution in [2.75, 3.05) is 12.4 Å². The maximum atomic E-state index is 6.07. The molecule has 0 spiro atoms. The number of hydrogen-bond acceptors (Lipinski definition) is 2. The number of guanidine groups is 1. The van der Waals surface area contributed by atoms with E-state index in [1.165, 1.54) is 5.56 Å². The fraction of sp³-hybridized carbons (Fsp3) is 0.316. The number of nitrogens with two attached hydrogens (primary N) is 1. The minimum absolute atomic E-state index is 0.260. The number of nitrogens with zero attached hydrogens (tertiary/aromatic N) is 1. The normalized spacial score (nSPS) is 20.5. The van der Waals surface area contributed by atoms with Gasteiger partial charge in [0.1, 0.15) is 0 Å². The third-order valence-electron chi connectivity index (χ3n) is 4.33. The SMILES string of the molecule is COCc1ccccc1NC(N)=NC1CC(c2cccc(Cl)c2)C1. The molecular formula is C19H22ClN3O. The summed E-state index contributed by atoms with van der Waals surface area (Å²) in [5.74, 6) is 0.971. The fourth-order valence-corrected chi connectivity index (χ4v) is 3.22. The first kappa shape index (κ1) is 16.8. The lowest BCUT2D eigenvalue weighted by atomic mass is 9.76. The number of hydrogen-bond donors (Lipinski definition) is 2. The minimum atomic E-state index is 0.260. The van der Waals surface area contributed by atoms with Crippen LogP contribution >= 0.6 is 11.6 Å². The Morgan fingerprint density at radius 1 is 1.25 bits per heavy atom. The van der Waals surface area contributed by atoms with E-state index >= 15 is 0 Å². The second-order valence-corrected chi connectivity index (χ2v) is 6.54. The zero-order valence-electron chi connectivity index (χ0n) is 13.7. The molecule has 1 saturated carbocycles. The zero-order valence-corrected chi connectivity index (χ0v) is 14.5. The van der Waals surface area contributed by atoms with E-state index in [0.29, 0.717) is 18.5 Å². The van der Waals surface area contributed by atoms with Gasteiger partial charge in [0.25, 0.3) is 0 Å². The molecule has 2 aromatic rings. The molecule has 4 nitrogen and oxygen atoms in total. The van der Waals surface area contributed by atoms with Crippen molar-refractivity contribution in [3.05, 3.63) is 64.7 Å². The zero-order chi connectivity index (χ0) is 16.9. The molecule has 1 aliphatic carbocycles. The number of benzene rings is 2. The lowest BCUT2D eigenvalue weighted by Crippen LogP contribution is -2.31. The summed E-state index contributed by atoms with van der Waals surface area (Å²) in [7, 11) is 1.68. The Bertz CT molecular complexity index is 726. The van der Waals surface area contributed by atoms with E-state index < -0.39 is 0 Å². The molecule has 0 aromatic heterocycles. The van der Waals surface area contributed by atoms with Crippen molar-refractivity contribution < 1.29 is 4.74 Å².